The number of phosphoric acid groups is 1. The first kappa shape index (κ1) is 30.5. The molecule has 0 amide bonds. The zero-order valence-electron chi connectivity index (χ0n) is 20.9. The van der Waals surface area contributed by atoms with Crippen LogP contribution in [-0.2, 0) is 32.8 Å². The molecule has 0 spiro atoms. The van der Waals surface area contributed by atoms with E-state index in [9.17, 15) is 28.9 Å². The van der Waals surface area contributed by atoms with Crippen LogP contribution in [0.2, 0.25) is 0 Å². The number of azide groups is 1. The van der Waals surface area contributed by atoms with Crippen molar-refractivity contribution in [2.24, 2.45) is 11.2 Å². The fourth-order valence-corrected chi connectivity index (χ4v) is 4.52. The number of H-pyrrole nitrogens is 1. The standard InChI is InChI=1S/C19H31N6O11P/c1-6-10(3)14(25(7-2)32-5)17(28)35-37(30,31)36-18(34-23-22-20)15-12(26)8-13(33-15)24-9-11(4)16(27)21-19(24)29/h9-10,12-15,18,26H,6-8H2,1-5H3,(H,30,31)(H,21,27,29)/t10-,12-,13+,14-,15-,18?/m0/s1. The maximum Gasteiger partial charge on any atom is 0.532 e. The van der Waals surface area contributed by atoms with Crippen molar-refractivity contribution in [2.75, 3.05) is 13.7 Å². The lowest BCUT2D eigenvalue weighted by Gasteiger charge is -2.31. The molecule has 1 saturated heterocycles. The van der Waals surface area contributed by atoms with Gasteiger partial charge < -0.3 is 24.0 Å². The largest absolute Gasteiger partial charge is 0.532 e. The minimum Gasteiger partial charge on any atom is -0.399 e. The predicted octanol–water partition coefficient (Wildman–Crippen LogP) is 1.02. The molecule has 1 aromatic rings. The number of aryl methyl sites for hydroxylation is 1. The van der Waals surface area contributed by atoms with E-state index >= 15 is 0 Å². The number of nitrogens with one attached hydrogen (secondary N) is 1. The van der Waals surface area contributed by atoms with Crippen LogP contribution < -0.4 is 11.2 Å². The molecule has 37 heavy (non-hydrogen) atoms. The fourth-order valence-electron chi connectivity index (χ4n) is 3.72. The molecule has 0 bridgehead atoms. The molecule has 0 saturated carbocycles. The van der Waals surface area contributed by atoms with Crippen molar-refractivity contribution in [3.8, 4) is 0 Å². The molecule has 17 nitrogen and oxygen atoms in total. The fraction of sp³-hybridized carbons (Fsp3) is 0.737. The van der Waals surface area contributed by atoms with E-state index in [-0.39, 0.29) is 24.4 Å². The third kappa shape index (κ3) is 7.63. The summed E-state index contributed by atoms with van der Waals surface area (Å²) in [5.74, 6) is -1.48. The Morgan fingerprint density at radius 1 is 1.46 bits per heavy atom. The number of aromatic nitrogens is 2. The Kier molecular flexibility index (Phi) is 10.8. The number of carbonyl (C=O) groups is 1. The van der Waals surface area contributed by atoms with Crippen LogP contribution in [0.4, 0.5) is 0 Å². The molecule has 1 fully saturated rings. The van der Waals surface area contributed by atoms with Crippen LogP contribution in [0, 0.1) is 12.8 Å². The van der Waals surface area contributed by atoms with Crippen molar-refractivity contribution in [3.63, 3.8) is 0 Å². The summed E-state index contributed by atoms with van der Waals surface area (Å²) in [4.78, 5) is 61.3. The van der Waals surface area contributed by atoms with Crippen molar-refractivity contribution >= 4 is 13.8 Å². The highest BCUT2D eigenvalue weighted by molar-refractivity contribution is 7.48. The molecule has 18 heteroatoms. The van der Waals surface area contributed by atoms with Gasteiger partial charge in [0, 0.05) is 29.6 Å². The van der Waals surface area contributed by atoms with Gasteiger partial charge in [-0.3, -0.25) is 19.2 Å². The second-order valence-corrected chi connectivity index (χ2v) is 9.54. The highest BCUT2D eigenvalue weighted by Crippen LogP contribution is 2.48. The average Bonchev–Trinajstić information content (AvgIpc) is 3.22. The molecule has 0 radical (unpaired) electrons. The normalized spacial score (nSPS) is 23.5. The third-order valence-corrected chi connectivity index (χ3v) is 6.66. The average molecular weight is 550 g/mol. The second-order valence-electron chi connectivity index (χ2n) is 8.21. The van der Waals surface area contributed by atoms with Crippen molar-refractivity contribution < 1.29 is 42.8 Å². The van der Waals surface area contributed by atoms with Gasteiger partial charge in [0.1, 0.15) is 23.7 Å². The van der Waals surface area contributed by atoms with Crippen molar-refractivity contribution in [3.05, 3.63) is 43.0 Å². The molecule has 2 rings (SSSR count). The van der Waals surface area contributed by atoms with Gasteiger partial charge in [0.15, 0.2) is 0 Å². The monoisotopic (exact) mass is 550 g/mol. The van der Waals surface area contributed by atoms with E-state index in [1.54, 1.807) is 20.8 Å². The molecule has 0 aromatic carbocycles. The van der Waals surface area contributed by atoms with Gasteiger partial charge in [-0.2, -0.15) is 5.06 Å². The molecular weight excluding hydrogens is 519 g/mol. The smallest absolute Gasteiger partial charge is 0.399 e. The summed E-state index contributed by atoms with van der Waals surface area (Å²) in [5.41, 5.74) is 7.36. The molecule has 1 aromatic heterocycles. The zero-order valence-corrected chi connectivity index (χ0v) is 21.8. The van der Waals surface area contributed by atoms with E-state index in [1.807, 2.05) is 0 Å². The van der Waals surface area contributed by atoms with E-state index in [0.29, 0.717) is 6.42 Å². The first-order chi connectivity index (χ1) is 17.4. The van der Waals surface area contributed by atoms with E-state index in [0.717, 1.165) is 4.57 Å². The molecule has 208 valence electrons. The molecular formula is C19H31N6O11P. The van der Waals surface area contributed by atoms with Gasteiger partial charge >= 0.3 is 19.5 Å². The van der Waals surface area contributed by atoms with Crippen LogP contribution in [0.1, 0.15) is 45.4 Å². The number of rotatable bonds is 13. The summed E-state index contributed by atoms with van der Waals surface area (Å²) in [6, 6.07) is -1.06. The summed E-state index contributed by atoms with van der Waals surface area (Å²) in [5, 5.41) is 14.6. The Morgan fingerprint density at radius 3 is 2.70 bits per heavy atom. The van der Waals surface area contributed by atoms with Gasteiger partial charge in [0.05, 0.1) is 13.2 Å². The number of aliphatic hydroxyl groups is 1. The maximum absolute atomic E-state index is 12.8. The number of carbonyl (C=O) groups excluding carboxylic acids is 1. The number of aromatic amines is 1. The number of aliphatic hydroxyl groups excluding tert-OH is 1. The minimum absolute atomic E-state index is 0.180. The van der Waals surface area contributed by atoms with Crippen LogP contribution in [-0.4, -0.2) is 68.8 Å². The lowest BCUT2D eigenvalue weighted by molar-refractivity contribution is -0.199. The Balaban J connectivity index is 2.26. The van der Waals surface area contributed by atoms with Gasteiger partial charge in [-0.1, -0.05) is 27.2 Å². The summed E-state index contributed by atoms with van der Waals surface area (Å²) >= 11 is 0. The molecule has 7 atom stereocenters. The first-order valence-electron chi connectivity index (χ1n) is 11.3. The molecule has 1 aliphatic heterocycles. The topological polar surface area (TPSA) is 228 Å². The predicted molar refractivity (Wildman–Crippen MR) is 124 cm³/mol. The first-order valence-corrected chi connectivity index (χ1v) is 12.8. The number of hydroxylamine groups is 2. The quantitative estimate of drug-likeness (QED) is 0.0781. The molecule has 3 N–H and O–H groups in total. The van der Waals surface area contributed by atoms with Crippen LogP contribution in [0.25, 0.3) is 10.4 Å². The van der Waals surface area contributed by atoms with Crippen molar-refractivity contribution in [1.82, 2.24) is 14.6 Å². The Morgan fingerprint density at radius 2 is 2.14 bits per heavy atom. The summed E-state index contributed by atoms with van der Waals surface area (Å²) < 4.78 is 29.0. The van der Waals surface area contributed by atoms with Gasteiger partial charge in [-0.25, -0.2) is 18.7 Å². The van der Waals surface area contributed by atoms with E-state index in [2.05, 4.69) is 15.2 Å². The Labute approximate surface area is 211 Å². The Hall–Kier alpha value is -2.75. The van der Waals surface area contributed by atoms with Crippen molar-refractivity contribution in [2.45, 2.75) is 71.3 Å². The number of likely N-dealkylation sites (N-methyl/N-ethyl adjacent to an activating group) is 1. The lowest BCUT2D eigenvalue weighted by atomic mass is 9.99. The summed E-state index contributed by atoms with van der Waals surface area (Å²) in [7, 11) is -3.92. The summed E-state index contributed by atoms with van der Waals surface area (Å²) in [6.45, 7) is 6.92. The SMILES string of the molecule is CC[C@H](C)[C@@H](C(=O)OP(=O)(O)OC(ON=[N+]=[N-])[C@H]1O[C@@H](n2cc(C)c(=O)[nH]c2=O)C[C@@H]1O)N(CC)OC. The number of phosphoric ester groups is 1. The molecule has 2 unspecified atom stereocenters. The number of hydrogen-bond donors (Lipinski definition) is 3. The number of ether oxygens (including phenoxy) is 1. The Bertz CT molecular complexity index is 1150. The number of nitrogens with zero attached hydrogens (tertiary/aromatic N) is 5. The van der Waals surface area contributed by atoms with Crippen LogP contribution in [0.5, 0.6) is 0 Å². The summed E-state index contributed by atoms with van der Waals surface area (Å²) in [6.07, 6.45) is -4.76. The van der Waals surface area contributed by atoms with Crippen LogP contribution in [0.3, 0.4) is 0 Å². The van der Waals surface area contributed by atoms with Gasteiger partial charge in [0.2, 0.25) is 6.29 Å². The van der Waals surface area contributed by atoms with Gasteiger partial charge in [-0.05, 0) is 18.4 Å². The van der Waals surface area contributed by atoms with E-state index in [4.69, 9.17) is 29.0 Å². The number of hydrogen-bond acceptors (Lipinski definition) is 12. The van der Waals surface area contributed by atoms with Gasteiger partial charge in [0.25, 0.3) is 5.56 Å². The molecule has 0 aliphatic carbocycles. The highest BCUT2D eigenvalue weighted by atomic mass is 31.2. The van der Waals surface area contributed by atoms with Gasteiger partial charge in [-0.15, -0.1) is 0 Å². The van der Waals surface area contributed by atoms with E-state index in [1.165, 1.54) is 25.3 Å². The van der Waals surface area contributed by atoms with Crippen molar-refractivity contribution in [1.29, 1.82) is 0 Å². The highest BCUT2D eigenvalue weighted by Gasteiger charge is 2.47. The molecule has 1 aliphatic rings. The molecule has 2 heterocycles. The lowest BCUT2D eigenvalue weighted by Crippen LogP contribution is -2.45. The van der Waals surface area contributed by atoms with Crippen LogP contribution in [0.15, 0.2) is 21.1 Å². The zero-order chi connectivity index (χ0) is 27.9. The van der Waals surface area contributed by atoms with Crippen LogP contribution >= 0.6 is 7.82 Å². The second kappa shape index (κ2) is 13.2. The third-order valence-electron chi connectivity index (χ3n) is 5.77. The maximum atomic E-state index is 12.8. The minimum atomic E-state index is -5.25. The van der Waals surface area contributed by atoms with E-state index < -0.39 is 55.8 Å².